The van der Waals surface area contributed by atoms with Gasteiger partial charge in [-0.05, 0) is 70.8 Å². The van der Waals surface area contributed by atoms with Gasteiger partial charge < -0.3 is 19.9 Å². The van der Waals surface area contributed by atoms with Crippen LogP contribution in [0.25, 0.3) is 0 Å². The van der Waals surface area contributed by atoms with Gasteiger partial charge in [0.2, 0.25) is 5.90 Å². The number of carbonyl (C=O) groups excluding carboxylic acids is 1. The first-order valence-electron chi connectivity index (χ1n) is 15.9. The first kappa shape index (κ1) is 33.7. The van der Waals surface area contributed by atoms with E-state index in [4.69, 9.17) is 19.6 Å². The minimum absolute atomic E-state index is 0.0589. The fraction of sp³-hybridized carbons (Fsp3) is 0.200. The van der Waals surface area contributed by atoms with Crippen molar-refractivity contribution >= 4 is 43.7 Å². The Balaban J connectivity index is 1.40. The minimum atomic E-state index is -1.31. The molecule has 0 aromatic heterocycles. The van der Waals surface area contributed by atoms with E-state index in [9.17, 15) is 4.79 Å². The van der Waals surface area contributed by atoms with Crippen molar-refractivity contribution in [2.24, 2.45) is 4.99 Å². The number of rotatable bonds is 13. The highest BCUT2D eigenvalue weighted by Gasteiger charge is 2.53. The average molecular weight is 769 g/mol. The van der Waals surface area contributed by atoms with Crippen LogP contribution in [-0.4, -0.2) is 42.2 Å². The molecule has 244 valence electrons. The summed E-state index contributed by atoms with van der Waals surface area (Å²) in [6, 6.07) is 43.8. The van der Waals surface area contributed by atoms with Crippen LogP contribution in [0.15, 0.2) is 147 Å². The zero-order valence-electron chi connectivity index (χ0n) is 26.3. The molecule has 5 aromatic carbocycles. The van der Waals surface area contributed by atoms with Crippen molar-refractivity contribution in [1.29, 1.82) is 0 Å². The number of ether oxygens (including phenoxy) is 2. The molecule has 5 aromatic rings. The van der Waals surface area contributed by atoms with Crippen LogP contribution in [0.3, 0.4) is 0 Å². The highest BCUT2D eigenvalue weighted by molar-refractivity contribution is 9.10. The Morgan fingerprint density at radius 2 is 1.40 bits per heavy atom. The maximum atomic E-state index is 14.9. The average Bonchev–Trinajstić information content (AvgIpc) is 3.51. The second kappa shape index (κ2) is 15.8. The standard InChI is InChI=1S/C40H36Br2N2O4/c41-33-18-12-28(13-19-33)26-40(39(46)43-27-36(29-8-3-1-4-9-29)30-10-5-2-6-11-30)37(31-14-20-34(42)21-15-31)48-38(44-40)32-16-22-35(23-17-32)47-25-7-24-45/h1-6,8-23,36-37,45H,7,24-27H2,(H,43,46)/t37-,40-/m1/s1. The second-order valence-corrected chi connectivity index (χ2v) is 13.6. The number of aliphatic hydroxyl groups excluding tert-OH is 1. The zero-order chi connectivity index (χ0) is 33.3. The van der Waals surface area contributed by atoms with Crippen LogP contribution in [-0.2, 0) is 16.0 Å². The van der Waals surface area contributed by atoms with Gasteiger partial charge in [-0.1, -0.05) is 117 Å². The molecule has 6 nitrogen and oxygen atoms in total. The van der Waals surface area contributed by atoms with E-state index < -0.39 is 11.6 Å². The molecule has 0 saturated carbocycles. The molecule has 8 heteroatoms. The number of carbonyl (C=O) groups is 1. The van der Waals surface area contributed by atoms with Gasteiger partial charge in [0.25, 0.3) is 5.91 Å². The number of nitrogens with one attached hydrogen (secondary N) is 1. The topological polar surface area (TPSA) is 80.2 Å². The number of nitrogens with zero attached hydrogens (tertiary/aromatic N) is 1. The lowest BCUT2D eigenvalue weighted by atomic mass is 9.81. The second-order valence-electron chi connectivity index (χ2n) is 11.7. The van der Waals surface area contributed by atoms with E-state index >= 15 is 0 Å². The van der Waals surface area contributed by atoms with Crippen LogP contribution in [0.5, 0.6) is 5.75 Å². The van der Waals surface area contributed by atoms with E-state index in [-0.39, 0.29) is 18.4 Å². The summed E-state index contributed by atoms with van der Waals surface area (Å²) in [7, 11) is 0. The molecule has 0 aliphatic carbocycles. The summed E-state index contributed by atoms with van der Waals surface area (Å²) in [4.78, 5) is 20.1. The smallest absolute Gasteiger partial charge is 0.252 e. The SMILES string of the molecule is O=C(NCC(c1ccccc1)c1ccccc1)[C@]1(Cc2ccc(Br)cc2)N=C(c2ccc(OCCCO)cc2)O[C@@H]1c1ccc(Br)cc1. The highest BCUT2D eigenvalue weighted by atomic mass is 79.9. The van der Waals surface area contributed by atoms with Gasteiger partial charge >= 0.3 is 0 Å². The summed E-state index contributed by atoms with van der Waals surface area (Å²) in [6.45, 7) is 0.870. The van der Waals surface area contributed by atoms with E-state index in [1.165, 1.54) is 0 Å². The van der Waals surface area contributed by atoms with Crippen LogP contribution in [0, 0.1) is 0 Å². The number of benzene rings is 5. The molecule has 0 saturated heterocycles. The maximum Gasteiger partial charge on any atom is 0.252 e. The Labute approximate surface area is 298 Å². The number of hydrogen-bond acceptors (Lipinski definition) is 5. The summed E-state index contributed by atoms with van der Waals surface area (Å²) in [5.41, 5.74) is 3.46. The van der Waals surface area contributed by atoms with Crippen LogP contribution >= 0.6 is 31.9 Å². The van der Waals surface area contributed by atoms with Gasteiger partial charge in [-0.15, -0.1) is 0 Å². The molecule has 0 spiro atoms. The van der Waals surface area contributed by atoms with Gasteiger partial charge in [0.15, 0.2) is 11.6 Å². The first-order chi connectivity index (χ1) is 23.4. The quantitative estimate of drug-likeness (QED) is 0.118. The summed E-state index contributed by atoms with van der Waals surface area (Å²) in [6.07, 6.45) is 0.173. The maximum absolute atomic E-state index is 14.9. The van der Waals surface area contributed by atoms with Crippen LogP contribution in [0.4, 0.5) is 0 Å². The van der Waals surface area contributed by atoms with Crippen molar-refractivity contribution in [3.63, 3.8) is 0 Å². The molecular weight excluding hydrogens is 732 g/mol. The van der Waals surface area contributed by atoms with Crippen molar-refractivity contribution in [2.75, 3.05) is 19.8 Å². The van der Waals surface area contributed by atoms with Gasteiger partial charge in [0.1, 0.15) is 5.75 Å². The third-order valence-corrected chi connectivity index (χ3v) is 9.52. The number of halogens is 2. The third-order valence-electron chi connectivity index (χ3n) is 8.46. The lowest BCUT2D eigenvalue weighted by Crippen LogP contribution is -2.50. The van der Waals surface area contributed by atoms with E-state index in [1.807, 2.05) is 109 Å². The summed E-state index contributed by atoms with van der Waals surface area (Å²) in [5, 5.41) is 12.4. The molecule has 0 unspecified atom stereocenters. The molecule has 1 heterocycles. The van der Waals surface area contributed by atoms with Crippen LogP contribution < -0.4 is 10.1 Å². The molecule has 2 atom stereocenters. The van der Waals surface area contributed by atoms with Crippen molar-refractivity contribution in [2.45, 2.75) is 30.4 Å². The molecule has 48 heavy (non-hydrogen) atoms. The Morgan fingerprint density at radius 1 is 0.812 bits per heavy atom. The molecule has 1 amide bonds. The molecule has 2 N–H and O–H groups in total. The molecule has 1 aliphatic rings. The molecule has 0 fully saturated rings. The lowest BCUT2D eigenvalue weighted by molar-refractivity contribution is -0.129. The van der Waals surface area contributed by atoms with Crippen molar-refractivity contribution in [1.82, 2.24) is 5.32 Å². The molecule has 6 rings (SSSR count). The van der Waals surface area contributed by atoms with Crippen molar-refractivity contribution in [3.05, 3.63) is 170 Å². The first-order valence-corrected chi connectivity index (χ1v) is 17.5. The van der Waals surface area contributed by atoms with Crippen molar-refractivity contribution in [3.8, 4) is 5.75 Å². The van der Waals surface area contributed by atoms with E-state index in [0.717, 1.165) is 36.8 Å². The molecular formula is C40H36Br2N2O4. The Hall–Kier alpha value is -4.24. The van der Waals surface area contributed by atoms with Gasteiger partial charge in [-0.3, -0.25) is 4.79 Å². The monoisotopic (exact) mass is 766 g/mol. The van der Waals surface area contributed by atoms with Crippen LogP contribution in [0.1, 0.15) is 46.3 Å². The van der Waals surface area contributed by atoms with Gasteiger partial charge in [0.05, 0.1) is 6.61 Å². The number of amides is 1. The number of hydrogen-bond donors (Lipinski definition) is 2. The highest BCUT2D eigenvalue weighted by Crippen LogP contribution is 2.43. The minimum Gasteiger partial charge on any atom is -0.494 e. The Kier molecular flexibility index (Phi) is 11.1. The fourth-order valence-corrected chi connectivity index (χ4v) is 6.51. The fourth-order valence-electron chi connectivity index (χ4n) is 5.98. The van der Waals surface area contributed by atoms with Crippen molar-refractivity contribution < 1.29 is 19.4 Å². The third kappa shape index (κ3) is 7.89. The van der Waals surface area contributed by atoms with E-state index in [1.54, 1.807) is 0 Å². The zero-order valence-corrected chi connectivity index (χ0v) is 29.4. The van der Waals surface area contributed by atoms with E-state index in [0.29, 0.717) is 37.6 Å². The lowest BCUT2D eigenvalue weighted by Gasteiger charge is -2.31. The molecule has 1 aliphatic heterocycles. The predicted octanol–water partition coefficient (Wildman–Crippen LogP) is 8.42. The predicted molar refractivity (Wildman–Crippen MR) is 196 cm³/mol. The summed E-state index contributed by atoms with van der Waals surface area (Å²) >= 11 is 7.10. The van der Waals surface area contributed by atoms with E-state index in [2.05, 4.69) is 61.4 Å². The largest absolute Gasteiger partial charge is 0.494 e. The Bertz CT molecular complexity index is 1780. The normalized spacial score (nSPS) is 17.1. The number of aliphatic hydroxyl groups is 1. The Morgan fingerprint density at radius 3 is 1.98 bits per heavy atom. The van der Waals surface area contributed by atoms with Gasteiger partial charge in [-0.25, -0.2) is 4.99 Å². The summed E-state index contributed by atoms with van der Waals surface area (Å²) in [5.74, 6) is 0.798. The van der Waals surface area contributed by atoms with Gasteiger partial charge in [-0.2, -0.15) is 0 Å². The van der Waals surface area contributed by atoms with Gasteiger partial charge in [0, 0.05) is 46.4 Å². The molecule has 0 bridgehead atoms. The summed E-state index contributed by atoms with van der Waals surface area (Å²) < 4.78 is 14.3. The number of aliphatic imine (C=N–C) groups is 1. The van der Waals surface area contributed by atoms with Crippen LogP contribution in [0.2, 0.25) is 0 Å². The molecule has 0 radical (unpaired) electrons.